The molecule has 2 N–H and O–H groups in total. The van der Waals surface area contributed by atoms with Gasteiger partial charge >= 0.3 is 0 Å². The number of nitrogens with one attached hydrogen (secondary N) is 1. The van der Waals surface area contributed by atoms with E-state index < -0.39 is 5.91 Å². The average Bonchev–Trinajstić information content (AvgIpc) is 2.69. The molecule has 0 aromatic heterocycles. The number of hydrogen-bond donors (Lipinski definition) is 2. The van der Waals surface area contributed by atoms with Gasteiger partial charge < -0.3 is 15.2 Å². The van der Waals surface area contributed by atoms with Gasteiger partial charge in [-0.15, -0.1) is 0 Å². The number of amides is 1. The molecule has 0 saturated heterocycles. The number of carbonyl (C=O) groups is 1. The second-order valence-corrected chi connectivity index (χ2v) is 5.80. The van der Waals surface area contributed by atoms with E-state index in [1.807, 2.05) is 49.4 Å². The smallest absolute Gasteiger partial charge is 0.266 e. The topological polar surface area (TPSA) is 82.3 Å². The predicted molar refractivity (Wildman–Crippen MR) is 105 cm³/mol. The van der Waals surface area contributed by atoms with Crippen molar-refractivity contribution in [1.82, 2.24) is 0 Å². The predicted octanol–water partition coefficient (Wildman–Crippen LogP) is 4.49. The van der Waals surface area contributed by atoms with E-state index in [0.717, 1.165) is 10.8 Å². The molecule has 3 aromatic rings. The number of carbonyl (C=O) groups excluding carboxylic acids is 1. The zero-order chi connectivity index (χ0) is 19.2. The molecular weight excluding hydrogens is 340 g/mol. The molecule has 134 valence electrons. The van der Waals surface area contributed by atoms with Crippen LogP contribution in [0.5, 0.6) is 11.5 Å². The van der Waals surface area contributed by atoms with E-state index >= 15 is 0 Å². The standard InChI is InChI=1S/C22H18N2O3/c1-2-27-21-12-7-15-5-3-4-6-19(15)20(21)13-16(14-23)22(26)24-17-8-10-18(25)11-9-17/h3-13,25H,2H2,1H3,(H,24,26)/b16-13+. The molecule has 0 aliphatic heterocycles. The second-order valence-electron chi connectivity index (χ2n) is 5.80. The van der Waals surface area contributed by atoms with E-state index in [9.17, 15) is 15.2 Å². The average molecular weight is 358 g/mol. The summed E-state index contributed by atoms with van der Waals surface area (Å²) in [5.74, 6) is 0.182. The molecule has 5 heteroatoms. The van der Waals surface area contributed by atoms with Crippen LogP contribution in [-0.2, 0) is 4.79 Å². The van der Waals surface area contributed by atoms with E-state index in [4.69, 9.17) is 4.74 Å². The summed E-state index contributed by atoms with van der Waals surface area (Å²) >= 11 is 0. The highest BCUT2D eigenvalue weighted by Gasteiger charge is 2.13. The van der Waals surface area contributed by atoms with Crippen molar-refractivity contribution in [2.24, 2.45) is 0 Å². The molecule has 0 radical (unpaired) electrons. The minimum atomic E-state index is -0.529. The van der Waals surface area contributed by atoms with Gasteiger partial charge in [0.15, 0.2) is 0 Å². The van der Waals surface area contributed by atoms with Crippen molar-refractivity contribution in [1.29, 1.82) is 5.26 Å². The highest BCUT2D eigenvalue weighted by atomic mass is 16.5. The van der Waals surface area contributed by atoms with Crippen molar-refractivity contribution in [3.8, 4) is 17.6 Å². The Morgan fingerprint density at radius 1 is 1.15 bits per heavy atom. The summed E-state index contributed by atoms with van der Waals surface area (Å²) in [4.78, 5) is 12.5. The summed E-state index contributed by atoms with van der Waals surface area (Å²) in [7, 11) is 0. The lowest BCUT2D eigenvalue weighted by Gasteiger charge is -2.11. The summed E-state index contributed by atoms with van der Waals surface area (Å²) in [6.45, 7) is 2.35. The van der Waals surface area contributed by atoms with Gasteiger partial charge in [-0.1, -0.05) is 30.3 Å². The molecule has 0 bridgehead atoms. The quantitative estimate of drug-likeness (QED) is 0.400. The monoisotopic (exact) mass is 358 g/mol. The van der Waals surface area contributed by atoms with Crippen molar-refractivity contribution < 1.29 is 14.6 Å². The van der Waals surface area contributed by atoms with Gasteiger partial charge in [-0.25, -0.2) is 0 Å². The highest BCUT2D eigenvalue weighted by Crippen LogP contribution is 2.30. The molecule has 0 heterocycles. The summed E-state index contributed by atoms with van der Waals surface area (Å²) in [5, 5.41) is 23.4. The molecule has 0 aliphatic carbocycles. The van der Waals surface area contributed by atoms with E-state index in [2.05, 4.69) is 5.32 Å². The Hall–Kier alpha value is -3.78. The van der Waals surface area contributed by atoms with Gasteiger partial charge in [-0.3, -0.25) is 4.79 Å². The van der Waals surface area contributed by atoms with Gasteiger partial charge in [0.25, 0.3) is 5.91 Å². The summed E-state index contributed by atoms with van der Waals surface area (Å²) in [6, 6.07) is 19.5. The van der Waals surface area contributed by atoms with E-state index in [1.165, 1.54) is 12.1 Å². The van der Waals surface area contributed by atoms with Gasteiger partial charge in [-0.2, -0.15) is 5.26 Å². The number of anilines is 1. The third kappa shape index (κ3) is 4.07. The highest BCUT2D eigenvalue weighted by molar-refractivity contribution is 6.11. The number of hydrogen-bond acceptors (Lipinski definition) is 4. The molecule has 0 saturated carbocycles. The maximum atomic E-state index is 12.5. The largest absolute Gasteiger partial charge is 0.508 e. The van der Waals surface area contributed by atoms with E-state index in [0.29, 0.717) is 23.6 Å². The minimum Gasteiger partial charge on any atom is -0.508 e. The van der Waals surface area contributed by atoms with Gasteiger partial charge in [-0.05, 0) is 54.1 Å². The lowest BCUT2D eigenvalue weighted by atomic mass is 10.0. The Bertz CT molecular complexity index is 1050. The van der Waals surface area contributed by atoms with Crippen LogP contribution in [0.1, 0.15) is 12.5 Å². The number of phenols is 1. The molecule has 27 heavy (non-hydrogen) atoms. The fourth-order valence-electron chi connectivity index (χ4n) is 2.74. The van der Waals surface area contributed by atoms with Gasteiger partial charge in [0.05, 0.1) is 6.61 Å². The zero-order valence-electron chi connectivity index (χ0n) is 14.8. The Balaban J connectivity index is 2.02. The molecular formula is C22H18N2O3. The fourth-order valence-corrected chi connectivity index (χ4v) is 2.74. The molecule has 5 nitrogen and oxygen atoms in total. The Morgan fingerprint density at radius 2 is 1.89 bits per heavy atom. The Labute approximate surface area is 157 Å². The normalized spacial score (nSPS) is 11.0. The van der Waals surface area contributed by atoms with Crippen molar-refractivity contribution in [2.75, 3.05) is 11.9 Å². The number of nitriles is 1. The van der Waals surface area contributed by atoms with Crippen molar-refractivity contribution in [3.05, 3.63) is 71.8 Å². The molecule has 0 aliphatic rings. The summed E-state index contributed by atoms with van der Waals surface area (Å²) in [5.41, 5.74) is 1.13. The number of nitrogens with zero attached hydrogens (tertiary/aromatic N) is 1. The number of rotatable bonds is 5. The van der Waals surface area contributed by atoms with Crippen molar-refractivity contribution in [3.63, 3.8) is 0 Å². The SMILES string of the molecule is CCOc1ccc2ccccc2c1/C=C(\C#N)C(=O)Nc1ccc(O)cc1. The molecule has 3 rings (SSSR count). The number of benzene rings is 3. The molecule has 0 unspecified atom stereocenters. The van der Waals surface area contributed by atoms with Gasteiger partial charge in [0.1, 0.15) is 23.1 Å². The van der Waals surface area contributed by atoms with Gasteiger partial charge in [0, 0.05) is 11.3 Å². The summed E-state index contributed by atoms with van der Waals surface area (Å²) < 4.78 is 5.69. The van der Waals surface area contributed by atoms with Crippen LogP contribution in [0, 0.1) is 11.3 Å². The van der Waals surface area contributed by atoms with Crippen LogP contribution < -0.4 is 10.1 Å². The number of phenolic OH excluding ortho intramolecular Hbond substituents is 1. The van der Waals surface area contributed by atoms with Crippen molar-refractivity contribution in [2.45, 2.75) is 6.92 Å². The van der Waals surface area contributed by atoms with Crippen LogP contribution >= 0.6 is 0 Å². The van der Waals surface area contributed by atoms with Gasteiger partial charge in [0.2, 0.25) is 0 Å². The lowest BCUT2D eigenvalue weighted by molar-refractivity contribution is -0.112. The summed E-state index contributed by atoms with van der Waals surface area (Å²) in [6.07, 6.45) is 1.54. The third-order valence-electron chi connectivity index (χ3n) is 4.01. The first kappa shape index (κ1) is 18.0. The van der Waals surface area contributed by atoms with Crippen LogP contribution in [0.3, 0.4) is 0 Å². The van der Waals surface area contributed by atoms with Crippen LogP contribution in [-0.4, -0.2) is 17.6 Å². The Kier molecular flexibility index (Phi) is 5.38. The van der Waals surface area contributed by atoms with Crippen LogP contribution in [0.25, 0.3) is 16.8 Å². The molecule has 0 fully saturated rings. The van der Waals surface area contributed by atoms with E-state index in [-0.39, 0.29) is 11.3 Å². The minimum absolute atomic E-state index is 0.0413. The van der Waals surface area contributed by atoms with Crippen molar-refractivity contribution >= 4 is 28.4 Å². The van der Waals surface area contributed by atoms with E-state index in [1.54, 1.807) is 18.2 Å². The first-order valence-corrected chi connectivity index (χ1v) is 8.49. The second kappa shape index (κ2) is 8.07. The Morgan fingerprint density at radius 3 is 2.59 bits per heavy atom. The molecule has 1 amide bonds. The molecule has 0 spiro atoms. The molecule has 0 atom stereocenters. The lowest BCUT2D eigenvalue weighted by Crippen LogP contribution is -2.13. The van der Waals surface area contributed by atoms with Crippen LogP contribution in [0.15, 0.2) is 66.2 Å². The number of ether oxygens (including phenoxy) is 1. The number of fused-ring (bicyclic) bond motifs is 1. The molecule has 3 aromatic carbocycles. The zero-order valence-corrected chi connectivity index (χ0v) is 14.8. The maximum Gasteiger partial charge on any atom is 0.266 e. The first-order valence-electron chi connectivity index (χ1n) is 8.49. The van der Waals surface area contributed by atoms with Crippen LogP contribution in [0.2, 0.25) is 0 Å². The third-order valence-corrected chi connectivity index (χ3v) is 4.01. The number of aromatic hydroxyl groups is 1. The first-order chi connectivity index (χ1) is 13.1. The fraction of sp³-hybridized carbons (Fsp3) is 0.0909. The maximum absolute atomic E-state index is 12.5. The van der Waals surface area contributed by atoms with Crippen LogP contribution in [0.4, 0.5) is 5.69 Å².